The Morgan fingerprint density at radius 3 is 2.58 bits per heavy atom. The highest BCUT2D eigenvalue weighted by Gasteiger charge is 2.32. The molecule has 2 N–H and O–H groups in total. The lowest BCUT2D eigenvalue weighted by Gasteiger charge is -2.27. The minimum Gasteiger partial charge on any atom is -0.480 e. The van der Waals surface area contributed by atoms with E-state index in [1.165, 1.54) is 29.0 Å². The Kier molecular flexibility index (Phi) is 5.81. The minimum absolute atomic E-state index is 0.359. The van der Waals surface area contributed by atoms with Gasteiger partial charge in [-0.1, -0.05) is 0 Å². The van der Waals surface area contributed by atoms with Crippen molar-refractivity contribution in [3.8, 4) is 0 Å². The fourth-order valence-electron chi connectivity index (χ4n) is 4.12. The predicted molar refractivity (Wildman–Crippen MR) is 110 cm³/mol. The highest BCUT2D eigenvalue weighted by Crippen LogP contribution is 2.32. The second-order valence-electron chi connectivity index (χ2n) is 7.43. The molecule has 0 amide bonds. The molecule has 3 heterocycles. The molecule has 1 atom stereocenters. The first-order valence-corrected chi connectivity index (χ1v) is 9.93. The van der Waals surface area contributed by atoms with E-state index in [2.05, 4.69) is 9.97 Å². The average Bonchev–Trinajstić information content (AvgIpc) is 2.91. The summed E-state index contributed by atoms with van der Waals surface area (Å²) in [5.74, 6) is -2.04. The van der Waals surface area contributed by atoms with Crippen LogP contribution in [0.25, 0.3) is 10.9 Å². The summed E-state index contributed by atoms with van der Waals surface area (Å²) < 4.78 is 15.2. The number of halogens is 1. The van der Waals surface area contributed by atoms with Gasteiger partial charge in [0.05, 0.1) is 5.52 Å². The fourth-order valence-corrected chi connectivity index (χ4v) is 4.12. The third-order valence-corrected chi connectivity index (χ3v) is 5.44. The van der Waals surface area contributed by atoms with Crippen LogP contribution in [0.4, 0.5) is 10.3 Å². The molecule has 1 aliphatic rings. The summed E-state index contributed by atoms with van der Waals surface area (Å²) in [6.07, 6.45) is 5.56. The van der Waals surface area contributed by atoms with Crippen molar-refractivity contribution in [2.24, 2.45) is 0 Å². The lowest BCUT2D eigenvalue weighted by atomic mass is 10.0. The number of anilines is 1. The lowest BCUT2D eigenvalue weighted by Crippen LogP contribution is -2.37. The van der Waals surface area contributed by atoms with Crippen molar-refractivity contribution in [3.63, 3.8) is 0 Å². The molecule has 4 rings (SSSR count). The van der Waals surface area contributed by atoms with Crippen LogP contribution in [0.5, 0.6) is 0 Å². The first kappa shape index (κ1) is 20.7. The van der Waals surface area contributed by atoms with Crippen molar-refractivity contribution in [1.82, 2.24) is 19.4 Å². The molecule has 0 unspecified atom stereocenters. The molecule has 162 valence electrons. The third-order valence-electron chi connectivity index (χ3n) is 5.44. The maximum absolute atomic E-state index is 13.8. The summed E-state index contributed by atoms with van der Waals surface area (Å²) in [5.41, 5.74) is 0.811. The van der Waals surface area contributed by atoms with Gasteiger partial charge in [0.2, 0.25) is 5.95 Å². The summed E-state index contributed by atoms with van der Waals surface area (Å²) in [7, 11) is 0. The predicted octanol–water partition coefficient (Wildman–Crippen LogP) is 1.99. The molecule has 1 aliphatic heterocycles. The zero-order valence-electron chi connectivity index (χ0n) is 16.7. The number of hydrogen-bond donors (Lipinski definition) is 2. The SMILES string of the molecule is O=C(O)Cn1cc([C@H](C(=O)O)N2CCCN(c3ncccn3)CC2)c2ccc(F)cc21. The second-order valence-corrected chi connectivity index (χ2v) is 7.43. The van der Waals surface area contributed by atoms with Gasteiger partial charge < -0.3 is 19.7 Å². The molecule has 0 saturated carbocycles. The average molecular weight is 427 g/mol. The third kappa shape index (κ3) is 4.33. The van der Waals surface area contributed by atoms with Crippen molar-refractivity contribution < 1.29 is 24.2 Å². The van der Waals surface area contributed by atoms with Crippen LogP contribution in [0.1, 0.15) is 18.0 Å². The van der Waals surface area contributed by atoms with Gasteiger partial charge >= 0.3 is 11.9 Å². The summed E-state index contributed by atoms with van der Waals surface area (Å²) >= 11 is 0. The van der Waals surface area contributed by atoms with Crippen LogP contribution in [0.2, 0.25) is 0 Å². The number of carboxylic acids is 2. The van der Waals surface area contributed by atoms with E-state index in [0.717, 1.165) is 0 Å². The molecule has 1 saturated heterocycles. The number of hydrogen-bond acceptors (Lipinski definition) is 6. The van der Waals surface area contributed by atoms with Crippen molar-refractivity contribution in [1.29, 1.82) is 0 Å². The number of nitrogens with zero attached hydrogens (tertiary/aromatic N) is 5. The largest absolute Gasteiger partial charge is 0.480 e. The molecule has 0 bridgehead atoms. The Labute approximate surface area is 177 Å². The van der Waals surface area contributed by atoms with Gasteiger partial charge in [-0.15, -0.1) is 0 Å². The Balaban J connectivity index is 1.67. The Bertz CT molecular complexity index is 1100. The summed E-state index contributed by atoms with van der Waals surface area (Å²) in [5, 5.41) is 19.8. The second kappa shape index (κ2) is 8.68. The highest BCUT2D eigenvalue weighted by molar-refractivity contribution is 5.90. The molecular formula is C21H22FN5O4. The maximum atomic E-state index is 13.8. The molecule has 31 heavy (non-hydrogen) atoms. The number of benzene rings is 1. The van der Waals surface area contributed by atoms with E-state index in [1.807, 2.05) is 9.80 Å². The molecule has 10 heteroatoms. The van der Waals surface area contributed by atoms with Gasteiger partial charge in [0.25, 0.3) is 0 Å². The fraction of sp³-hybridized carbons (Fsp3) is 0.333. The number of carbonyl (C=O) groups is 2. The Hall–Kier alpha value is -3.53. The molecule has 3 aromatic rings. The van der Waals surface area contributed by atoms with Crippen molar-refractivity contribution in [3.05, 3.63) is 54.2 Å². The van der Waals surface area contributed by atoms with Crippen LogP contribution >= 0.6 is 0 Å². The number of carboxylic acid groups (broad SMARTS) is 2. The normalized spacial score (nSPS) is 16.2. The standard InChI is InChI=1S/C21H22FN5O4/c22-14-3-4-15-16(12-27(13-18(28)29)17(15)11-14)19(20(30)31)25-7-2-8-26(10-9-25)21-23-5-1-6-24-21/h1,3-6,11-12,19H,2,7-10,13H2,(H,28,29)(H,30,31)/t19-/m1/s1. The van der Waals surface area contributed by atoms with E-state index in [9.17, 15) is 24.2 Å². The van der Waals surface area contributed by atoms with Crippen molar-refractivity contribution in [2.45, 2.75) is 19.0 Å². The highest BCUT2D eigenvalue weighted by atomic mass is 19.1. The molecule has 9 nitrogen and oxygen atoms in total. The molecule has 0 radical (unpaired) electrons. The zero-order valence-corrected chi connectivity index (χ0v) is 16.7. The number of aliphatic carboxylic acids is 2. The number of rotatable bonds is 6. The van der Waals surface area contributed by atoms with Gasteiger partial charge in [-0.25, -0.2) is 14.4 Å². The first-order chi connectivity index (χ1) is 14.9. The topological polar surface area (TPSA) is 112 Å². The monoisotopic (exact) mass is 427 g/mol. The van der Waals surface area contributed by atoms with Crippen LogP contribution in [-0.2, 0) is 16.1 Å². The van der Waals surface area contributed by atoms with E-state index < -0.39 is 23.8 Å². The molecule has 1 aromatic carbocycles. The molecular weight excluding hydrogens is 405 g/mol. The van der Waals surface area contributed by atoms with E-state index in [-0.39, 0.29) is 6.54 Å². The molecule has 0 spiro atoms. The zero-order chi connectivity index (χ0) is 22.0. The minimum atomic E-state index is -1.09. The van der Waals surface area contributed by atoms with E-state index in [0.29, 0.717) is 55.0 Å². The van der Waals surface area contributed by atoms with E-state index in [4.69, 9.17) is 0 Å². The van der Waals surface area contributed by atoms with Crippen LogP contribution in [0.3, 0.4) is 0 Å². The maximum Gasteiger partial charge on any atom is 0.325 e. The van der Waals surface area contributed by atoms with Gasteiger partial charge in [-0.05, 0) is 30.7 Å². The van der Waals surface area contributed by atoms with Gasteiger partial charge in [0.1, 0.15) is 18.4 Å². The van der Waals surface area contributed by atoms with Crippen LogP contribution in [0, 0.1) is 5.82 Å². The van der Waals surface area contributed by atoms with Gasteiger partial charge in [0.15, 0.2) is 0 Å². The van der Waals surface area contributed by atoms with Crippen molar-refractivity contribution >= 4 is 28.8 Å². The van der Waals surface area contributed by atoms with Crippen LogP contribution in [-0.4, -0.2) is 67.8 Å². The lowest BCUT2D eigenvalue weighted by molar-refractivity contribution is -0.143. The number of aromatic nitrogens is 3. The quantitative estimate of drug-likeness (QED) is 0.614. The Morgan fingerprint density at radius 1 is 1.10 bits per heavy atom. The van der Waals surface area contributed by atoms with E-state index >= 15 is 0 Å². The van der Waals surface area contributed by atoms with Gasteiger partial charge in [0, 0.05) is 55.7 Å². The molecule has 0 aliphatic carbocycles. The smallest absolute Gasteiger partial charge is 0.325 e. The first-order valence-electron chi connectivity index (χ1n) is 9.93. The Morgan fingerprint density at radius 2 is 1.87 bits per heavy atom. The molecule has 1 fully saturated rings. The summed E-state index contributed by atoms with van der Waals surface area (Å²) in [6.45, 7) is 1.86. The summed E-state index contributed by atoms with van der Waals surface area (Å²) in [6, 6.07) is 4.75. The van der Waals surface area contributed by atoms with Gasteiger partial charge in [-0.3, -0.25) is 14.5 Å². The van der Waals surface area contributed by atoms with E-state index in [1.54, 1.807) is 18.5 Å². The van der Waals surface area contributed by atoms with Crippen molar-refractivity contribution in [2.75, 3.05) is 31.1 Å². The van der Waals surface area contributed by atoms with Crippen LogP contribution < -0.4 is 4.90 Å². The molecule has 2 aromatic heterocycles. The summed E-state index contributed by atoms with van der Waals surface area (Å²) in [4.78, 5) is 36.0. The van der Waals surface area contributed by atoms with Crippen LogP contribution in [0.15, 0.2) is 42.9 Å². The van der Waals surface area contributed by atoms with Gasteiger partial charge in [-0.2, -0.15) is 0 Å². The number of fused-ring (bicyclic) bond motifs is 1.